The summed E-state index contributed by atoms with van der Waals surface area (Å²) in [7, 11) is 1.29. The Morgan fingerprint density at radius 3 is 2.03 bits per heavy atom. The number of methoxy groups -OCH3 is 1. The lowest BCUT2D eigenvalue weighted by molar-refractivity contribution is 0.0600. The maximum atomic E-state index is 12.5. The molecule has 0 aliphatic rings. The molecule has 0 aliphatic carbocycles. The van der Waals surface area contributed by atoms with Gasteiger partial charge in [0.25, 0.3) is 11.8 Å². The Bertz CT molecular complexity index is 1180. The summed E-state index contributed by atoms with van der Waals surface area (Å²) in [6, 6.07) is 20.3. The minimum absolute atomic E-state index is 0.0725. The van der Waals surface area contributed by atoms with E-state index in [2.05, 4.69) is 20.7 Å². The second-order valence-electron chi connectivity index (χ2n) is 6.88. The summed E-state index contributed by atoms with van der Waals surface area (Å²) in [5.74, 6) is -1.19. The first kappa shape index (κ1) is 22.6. The molecule has 0 heterocycles. The number of esters is 1. The first-order valence-electron chi connectivity index (χ1n) is 9.64. The van der Waals surface area contributed by atoms with E-state index in [1.807, 2.05) is 31.2 Å². The summed E-state index contributed by atoms with van der Waals surface area (Å²) in [6.45, 7) is 1.95. The zero-order valence-corrected chi connectivity index (χ0v) is 18.3. The lowest BCUT2D eigenvalue weighted by Crippen LogP contribution is -2.34. The van der Waals surface area contributed by atoms with Crippen LogP contribution in [0.1, 0.15) is 36.6 Å². The predicted molar refractivity (Wildman–Crippen MR) is 127 cm³/mol. The average molecular weight is 448 g/mol. The number of ether oxygens (including phenoxy) is 1. The van der Waals surface area contributed by atoms with E-state index in [1.54, 1.807) is 24.3 Å². The fourth-order valence-corrected chi connectivity index (χ4v) is 3.09. The minimum Gasteiger partial charge on any atom is -0.465 e. The number of carbonyl (C=O) groups excluding carboxylic acids is 3. The quantitative estimate of drug-likeness (QED) is 0.401. The van der Waals surface area contributed by atoms with E-state index in [0.29, 0.717) is 28.1 Å². The van der Waals surface area contributed by atoms with E-state index < -0.39 is 11.9 Å². The maximum absolute atomic E-state index is 12.5. The molecule has 7 nitrogen and oxygen atoms in total. The summed E-state index contributed by atoms with van der Waals surface area (Å²) in [6.07, 6.45) is 0. The van der Waals surface area contributed by atoms with Gasteiger partial charge in [0.05, 0.1) is 12.7 Å². The highest BCUT2D eigenvalue weighted by atomic mass is 32.1. The Kier molecular flexibility index (Phi) is 7.30. The fourth-order valence-electron chi connectivity index (χ4n) is 2.88. The molecule has 0 radical (unpaired) electrons. The minimum atomic E-state index is -0.486. The molecule has 0 aliphatic heterocycles. The Morgan fingerprint density at radius 2 is 1.38 bits per heavy atom. The molecule has 3 aromatic rings. The van der Waals surface area contributed by atoms with Gasteiger partial charge in [0.15, 0.2) is 5.11 Å². The van der Waals surface area contributed by atoms with Crippen molar-refractivity contribution in [1.82, 2.24) is 5.32 Å². The van der Waals surface area contributed by atoms with Gasteiger partial charge in [0.2, 0.25) is 0 Å². The zero-order chi connectivity index (χ0) is 23.1. The molecule has 0 aromatic heterocycles. The van der Waals surface area contributed by atoms with Gasteiger partial charge >= 0.3 is 5.97 Å². The molecule has 2 amide bonds. The Balaban J connectivity index is 1.61. The van der Waals surface area contributed by atoms with Crippen LogP contribution in [0.2, 0.25) is 0 Å². The van der Waals surface area contributed by atoms with E-state index in [9.17, 15) is 14.4 Å². The van der Waals surface area contributed by atoms with Gasteiger partial charge in [-0.2, -0.15) is 0 Å². The van der Waals surface area contributed by atoms with Crippen molar-refractivity contribution in [1.29, 1.82) is 0 Å². The second kappa shape index (κ2) is 10.3. The summed E-state index contributed by atoms with van der Waals surface area (Å²) < 4.78 is 4.63. The molecule has 0 spiro atoms. The van der Waals surface area contributed by atoms with Crippen LogP contribution in [-0.4, -0.2) is 30.0 Å². The van der Waals surface area contributed by atoms with E-state index in [1.165, 1.54) is 31.4 Å². The highest BCUT2D eigenvalue weighted by Crippen LogP contribution is 2.15. The number of hydrogen-bond donors (Lipinski definition) is 3. The molecule has 3 N–H and O–H groups in total. The van der Waals surface area contributed by atoms with Crippen LogP contribution in [0.3, 0.4) is 0 Å². The lowest BCUT2D eigenvalue weighted by atomic mass is 10.1. The lowest BCUT2D eigenvalue weighted by Gasteiger charge is -2.11. The van der Waals surface area contributed by atoms with Crippen molar-refractivity contribution < 1.29 is 19.1 Å². The van der Waals surface area contributed by atoms with Gasteiger partial charge in [-0.25, -0.2) is 4.79 Å². The van der Waals surface area contributed by atoms with Crippen LogP contribution in [-0.2, 0) is 4.74 Å². The van der Waals surface area contributed by atoms with Crippen LogP contribution in [0.15, 0.2) is 72.8 Å². The standard InChI is InChI=1S/C24H21N3O4S/c1-15-5-3-7-19(13-15)25-22(29)18-6-4-8-20(14-18)26-24(32)27-21(28)16-9-11-17(12-10-16)23(30)31-2/h3-14H,1-2H3,(H,25,29)(H2,26,27,28,32). The number of anilines is 2. The molecule has 0 fully saturated rings. The number of hydrogen-bond acceptors (Lipinski definition) is 5. The van der Waals surface area contributed by atoms with Gasteiger partial charge in [-0.05, 0) is 79.3 Å². The topological polar surface area (TPSA) is 96.5 Å². The fraction of sp³-hybridized carbons (Fsp3) is 0.0833. The first-order chi connectivity index (χ1) is 15.4. The third-order valence-electron chi connectivity index (χ3n) is 4.45. The summed E-state index contributed by atoms with van der Waals surface area (Å²) in [5, 5.41) is 8.38. The van der Waals surface area contributed by atoms with Crippen molar-refractivity contribution in [3.63, 3.8) is 0 Å². The van der Waals surface area contributed by atoms with Crippen LogP contribution in [0.4, 0.5) is 11.4 Å². The smallest absolute Gasteiger partial charge is 0.337 e. The third-order valence-corrected chi connectivity index (χ3v) is 4.66. The number of rotatable bonds is 5. The number of carbonyl (C=O) groups is 3. The molecule has 0 atom stereocenters. The summed E-state index contributed by atoms with van der Waals surface area (Å²) >= 11 is 5.21. The largest absolute Gasteiger partial charge is 0.465 e. The molecule has 162 valence electrons. The molecular formula is C24H21N3O4S. The van der Waals surface area contributed by atoms with Gasteiger partial charge in [-0.15, -0.1) is 0 Å². The predicted octanol–water partition coefficient (Wildman–Crippen LogP) is 4.16. The number of thiocarbonyl (C=S) groups is 1. The van der Waals surface area contributed by atoms with Crippen molar-refractivity contribution >= 4 is 46.5 Å². The number of amides is 2. The normalized spacial score (nSPS) is 10.1. The van der Waals surface area contributed by atoms with Crippen molar-refractivity contribution in [3.05, 3.63) is 95.1 Å². The van der Waals surface area contributed by atoms with Crippen LogP contribution < -0.4 is 16.0 Å². The van der Waals surface area contributed by atoms with Crippen LogP contribution >= 0.6 is 12.2 Å². The van der Waals surface area contributed by atoms with Gasteiger partial charge in [-0.3, -0.25) is 14.9 Å². The molecule has 3 aromatic carbocycles. The number of benzene rings is 3. The van der Waals surface area contributed by atoms with Gasteiger partial charge in [-0.1, -0.05) is 18.2 Å². The molecule has 0 unspecified atom stereocenters. The highest BCUT2D eigenvalue weighted by molar-refractivity contribution is 7.80. The SMILES string of the molecule is COC(=O)c1ccc(C(=O)NC(=S)Nc2cccc(C(=O)Nc3cccc(C)c3)c2)cc1. The zero-order valence-electron chi connectivity index (χ0n) is 17.5. The molecule has 0 saturated carbocycles. The van der Waals surface area contributed by atoms with E-state index in [-0.39, 0.29) is 11.0 Å². The van der Waals surface area contributed by atoms with Crippen LogP contribution in [0.25, 0.3) is 0 Å². The Labute approximate surface area is 190 Å². The third kappa shape index (κ3) is 5.99. The van der Waals surface area contributed by atoms with Gasteiger partial charge in [0.1, 0.15) is 0 Å². The first-order valence-corrected chi connectivity index (χ1v) is 10.1. The van der Waals surface area contributed by atoms with Crippen LogP contribution in [0.5, 0.6) is 0 Å². The van der Waals surface area contributed by atoms with Crippen molar-refractivity contribution in [2.75, 3.05) is 17.7 Å². The second-order valence-corrected chi connectivity index (χ2v) is 7.29. The molecule has 3 rings (SSSR count). The van der Waals surface area contributed by atoms with Crippen molar-refractivity contribution in [2.45, 2.75) is 6.92 Å². The van der Waals surface area contributed by atoms with E-state index in [4.69, 9.17) is 12.2 Å². The monoisotopic (exact) mass is 447 g/mol. The van der Waals surface area contributed by atoms with Crippen molar-refractivity contribution in [2.24, 2.45) is 0 Å². The summed E-state index contributed by atoms with van der Waals surface area (Å²) in [4.78, 5) is 36.4. The molecule has 0 bridgehead atoms. The Hall–Kier alpha value is -4.04. The number of aryl methyl sites for hydroxylation is 1. The maximum Gasteiger partial charge on any atom is 0.337 e. The van der Waals surface area contributed by atoms with Crippen LogP contribution in [0, 0.1) is 6.92 Å². The number of nitrogens with one attached hydrogen (secondary N) is 3. The summed E-state index contributed by atoms with van der Waals surface area (Å²) in [5.41, 5.74) is 3.39. The molecular weight excluding hydrogens is 426 g/mol. The molecule has 0 saturated heterocycles. The Morgan fingerprint density at radius 1 is 0.750 bits per heavy atom. The van der Waals surface area contributed by atoms with Gasteiger partial charge in [0, 0.05) is 22.5 Å². The van der Waals surface area contributed by atoms with Gasteiger partial charge < -0.3 is 15.4 Å². The average Bonchev–Trinajstić information content (AvgIpc) is 2.78. The highest BCUT2D eigenvalue weighted by Gasteiger charge is 2.12. The van der Waals surface area contributed by atoms with E-state index in [0.717, 1.165) is 5.56 Å². The molecule has 32 heavy (non-hydrogen) atoms. The molecule has 8 heteroatoms. The van der Waals surface area contributed by atoms with E-state index >= 15 is 0 Å². The van der Waals surface area contributed by atoms with Crippen molar-refractivity contribution in [3.8, 4) is 0 Å².